The van der Waals surface area contributed by atoms with Gasteiger partial charge in [-0.3, -0.25) is 14.0 Å². The summed E-state index contributed by atoms with van der Waals surface area (Å²) in [4.78, 5) is 48.7. The van der Waals surface area contributed by atoms with Crippen molar-refractivity contribution in [1.82, 2.24) is 14.4 Å². The van der Waals surface area contributed by atoms with Crippen molar-refractivity contribution in [1.29, 1.82) is 0 Å². The number of aromatic nitrogens is 3. The van der Waals surface area contributed by atoms with E-state index in [1.165, 1.54) is 10.5 Å². The monoisotopic (exact) mass is 538 g/mol. The summed E-state index contributed by atoms with van der Waals surface area (Å²) < 4.78 is 1.40. The van der Waals surface area contributed by atoms with Crippen molar-refractivity contribution < 1.29 is 14.7 Å². The first-order valence-corrected chi connectivity index (χ1v) is 13.7. The molecule has 4 rings (SSSR count). The Hall–Kier alpha value is -3.57. The Kier molecular flexibility index (Phi) is 8.58. The van der Waals surface area contributed by atoms with Crippen LogP contribution in [0.3, 0.4) is 0 Å². The molecule has 10 nitrogen and oxygen atoms in total. The molecule has 1 saturated heterocycles. The van der Waals surface area contributed by atoms with Gasteiger partial charge in [-0.15, -0.1) is 11.3 Å². The highest BCUT2D eigenvalue weighted by atomic mass is 32.1. The zero-order valence-electron chi connectivity index (χ0n) is 21.7. The third-order valence-electron chi connectivity index (χ3n) is 6.95. The normalized spacial score (nSPS) is 18.1. The lowest BCUT2D eigenvalue weighted by molar-refractivity contribution is -0.131. The molecule has 0 bridgehead atoms. The van der Waals surface area contributed by atoms with Gasteiger partial charge < -0.3 is 21.5 Å². The predicted molar refractivity (Wildman–Crippen MR) is 148 cm³/mol. The van der Waals surface area contributed by atoms with E-state index < -0.39 is 23.5 Å². The summed E-state index contributed by atoms with van der Waals surface area (Å²) in [6, 6.07) is 3.02. The number of hydrogen-bond donors (Lipinski definition) is 3. The van der Waals surface area contributed by atoms with E-state index in [1.54, 1.807) is 22.4 Å². The third-order valence-corrected chi connectivity index (χ3v) is 7.87. The molecule has 202 valence electrons. The number of amides is 1. The summed E-state index contributed by atoms with van der Waals surface area (Å²) >= 11 is 1.64. The van der Waals surface area contributed by atoms with Crippen molar-refractivity contribution in [3.8, 4) is 0 Å². The first-order chi connectivity index (χ1) is 18.2. The minimum Gasteiger partial charge on any atom is -0.478 e. The number of nitrogens with two attached hydrogens (primary N) is 2. The van der Waals surface area contributed by atoms with E-state index in [9.17, 15) is 19.5 Å². The van der Waals surface area contributed by atoms with Crippen molar-refractivity contribution >= 4 is 40.8 Å². The molecule has 1 aliphatic rings. The minimum absolute atomic E-state index is 0.0804. The van der Waals surface area contributed by atoms with Crippen LogP contribution in [-0.2, 0) is 22.4 Å². The Balaban J connectivity index is 1.76. The van der Waals surface area contributed by atoms with Crippen LogP contribution in [0.15, 0.2) is 34.6 Å². The molecule has 2 atom stereocenters. The molecule has 1 amide bonds. The second-order valence-electron chi connectivity index (χ2n) is 9.93. The lowest BCUT2D eigenvalue weighted by atomic mass is 9.86. The number of anilines is 1. The second-order valence-corrected chi connectivity index (χ2v) is 10.9. The number of carbonyl (C=O) groups excluding carboxylic acids is 1. The number of rotatable bonds is 10. The number of fused-ring (bicyclic) bond motifs is 1. The quantitative estimate of drug-likeness (QED) is 0.332. The fraction of sp³-hybridized carbons (Fsp3) is 0.444. The number of pyridine rings is 1. The van der Waals surface area contributed by atoms with Gasteiger partial charge in [-0.05, 0) is 67.8 Å². The average Bonchev–Trinajstić information content (AvgIpc) is 3.36. The van der Waals surface area contributed by atoms with Gasteiger partial charge in [-0.2, -0.15) is 0 Å². The summed E-state index contributed by atoms with van der Waals surface area (Å²) in [5.74, 6) is -1.15. The summed E-state index contributed by atoms with van der Waals surface area (Å²) in [6.07, 6.45) is 7.45. The van der Waals surface area contributed by atoms with E-state index in [0.29, 0.717) is 31.1 Å². The molecule has 38 heavy (non-hydrogen) atoms. The number of carboxylic acid groups (broad SMARTS) is 1. The number of hydrogen-bond acceptors (Lipinski definition) is 8. The Morgan fingerprint density at radius 3 is 2.74 bits per heavy atom. The molecule has 11 heteroatoms. The van der Waals surface area contributed by atoms with Crippen LogP contribution >= 0.6 is 11.3 Å². The van der Waals surface area contributed by atoms with Gasteiger partial charge in [0, 0.05) is 30.6 Å². The van der Waals surface area contributed by atoms with Crippen LogP contribution < -0.4 is 21.9 Å². The molecule has 0 aliphatic carbocycles. The number of nitrogens with zero attached hydrogens (tertiary/aromatic N) is 4. The van der Waals surface area contributed by atoms with E-state index in [4.69, 9.17) is 21.4 Å². The molecule has 4 heterocycles. The number of piperidine rings is 1. The van der Waals surface area contributed by atoms with E-state index >= 15 is 0 Å². The van der Waals surface area contributed by atoms with Gasteiger partial charge in [-0.1, -0.05) is 13.8 Å². The standard InChI is InChI=1S/C27H34N6O4S/c1-16(2)20-15-38-22(30-20)7-5-17-10-13-32-21(14-17)31-26(19(27(32)37)6-8-23(34)35)33-12-3-4-18(9-11-28)24(33)25(29)36/h6,8,10,13-16,18,24H,3-5,7,9,11-12,28H2,1-2H3,(H2,29,36)(H,34,35)/b8-6+. The van der Waals surface area contributed by atoms with Gasteiger partial charge in [-0.25, -0.2) is 14.8 Å². The van der Waals surface area contributed by atoms with Crippen LogP contribution in [0, 0.1) is 5.92 Å². The summed E-state index contributed by atoms with van der Waals surface area (Å²) in [6.45, 7) is 5.11. The number of carbonyl (C=O) groups is 2. The second kappa shape index (κ2) is 11.9. The first-order valence-electron chi connectivity index (χ1n) is 12.9. The summed E-state index contributed by atoms with van der Waals surface area (Å²) in [5.41, 5.74) is 13.8. The number of thiazole rings is 1. The highest BCUT2D eigenvalue weighted by Gasteiger charge is 2.37. The van der Waals surface area contributed by atoms with Crippen LogP contribution in [-0.4, -0.2) is 50.5 Å². The topological polar surface area (TPSA) is 157 Å². The van der Waals surface area contributed by atoms with Gasteiger partial charge in [0.05, 0.1) is 16.3 Å². The molecular weight excluding hydrogens is 504 g/mol. The van der Waals surface area contributed by atoms with Crippen molar-refractivity contribution in [2.75, 3.05) is 18.0 Å². The van der Waals surface area contributed by atoms with Crippen LogP contribution in [0.5, 0.6) is 0 Å². The van der Waals surface area contributed by atoms with E-state index in [2.05, 4.69) is 19.2 Å². The molecule has 0 radical (unpaired) electrons. The van der Waals surface area contributed by atoms with Crippen molar-refractivity contribution in [3.63, 3.8) is 0 Å². The van der Waals surface area contributed by atoms with Gasteiger partial charge in [0.25, 0.3) is 5.56 Å². The van der Waals surface area contributed by atoms with Crippen molar-refractivity contribution in [2.24, 2.45) is 17.4 Å². The SMILES string of the molecule is CC(C)c1csc(CCc2ccn3c(=O)c(/C=C/C(=O)O)c(N4CCCC(CCN)C4C(N)=O)nc3c2)n1. The number of primary amides is 1. The lowest BCUT2D eigenvalue weighted by Gasteiger charge is -2.40. The lowest BCUT2D eigenvalue weighted by Crippen LogP contribution is -2.54. The molecule has 1 aliphatic heterocycles. The van der Waals surface area contributed by atoms with Crippen molar-refractivity contribution in [2.45, 2.75) is 57.9 Å². The minimum atomic E-state index is -1.19. The molecule has 0 saturated carbocycles. The third kappa shape index (κ3) is 5.94. The van der Waals surface area contributed by atoms with Gasteiger partial charge in [0.15, 0.2) is 0 Å². The Labute approximate surface area is 225 Å². The molecule has 3 aromatic heterocycles. The van der Waals surface area contributed by atoms with Gasteiger partial charge in [0.1, 0.15) is 17.5 Å². The molecule has 2 unspecified atom stereocenters. The zero-order chi connectivity index (χ0) is 27.4. The molecule has 0 aromatic carbocycles. The molecule has 0 spiro atoms. The maximum Gasteiger partial charge on any atom is 0.328 e. The highest BCUT2D eigenvalue weighted by Crippen LogP contribution is 2.31. The summed E-state index contributed by atoms with van der Waals surface area (Å²) in [5, 5.41) is 12.4. The van der Waals surface area contributed by atoms with Crippen molar-refractivity contribution in [3.05, 3.63) is 62.0 Å². The number of carboxylic acids is 1. The van der Waals surface area contributed by atoms with Crippen LogP contribution in [0.25, 0.3) is 11.7 Å². The smallest absolute Gasteiger partial charge is 0.328 e. The van der Waals surface area contributed by atoms with Crippen LogP contribution in [0.1, 0.15) is 60.9 Å². The predicted octanol–water partition coefficient (Wildman–Crippen LogP) is 2.58. The molecule has 3 aromatic rings. The highest BCUT2D eigenvalue weighted by molar-refractivity contribution is 7.09. The maximum absolute atomic E-state index is 13.6. The van der Waals surface area contributed by atoms with Gasteiger partial charge in [0.2, 0.25) is 5.91 Å². The molecular formula is C27H34N6O4S. The fourth-order valence-corrected chi connectivity index (χ4v) is 5.99. The average molecular weight is 539 g/mol. The molecule has 1 fully saturated rings. The maximum atomic E-state index is 13.6. The van der Waals surface area contributed by atoms with E-state index in [0.717, 1.165) is 48.0 Å². The van der Waals surface area contributed by atoms with Gasteiger partial charge >= 0.3 is 5.97 Å². The van der Waals surface area contributed by atoms with E-state index in [-0.39, 0.29) is 17.3 Å². The zero-order valence-corrected chi connectivity index (χ0v) is 22.5. The fourth-order valence-electron chi connectivity index (χ4n) is 5.03. The Morgan fingerprint density at radius 1 is 1.29 bits per heavy atom. The number of aryl methyl sites for hydroxylation is 2. The summed E-state index contributed by atoms with van der Waals surface area (Å²) in [7, 11) is 0. The Morgan fingerprint density at radius 2 is 2.08 bits per heavy atom. The molecule has 5 N–H and O–H groups in total. The number of aliphatic carboxylic acids is 1. The van der Waals surface area contributed by atoms with Crippen LogP contribution in [0.2, 0.25) is 0 Å². The largest absolute Gasteiger partial charge is 0.478 e. The first kappa shape index (κ1) is 27.5. The van der Waals surface area contributed by atoms with E-state index in [1.807, 2.05) is 12.1 Å². The van der Waals surface area contributed by atoms with Crippen LogP contribution in [0.4, 0.5) is 5.82 Å². The Bertz CT molecular complexity index is 1410.